The van der Waals surface area contributed by atoms with Crippen LogP contribution < -0.4 is 10.6 Å². The lowest BCUT2D eigenvalue weighted by Gasteiger charge is -2.13. The Morgan fingerprint density at radius 3 is 2.08 bits per heavy atom. The number of carbonyl (C=O) groups excluding carboxylic acids is 1. The Labute approximate surface area is 218 Å². The number of hydrogen-bond donors (Lipinski definition) is 3. The van der Waals surface area contributed by atoms with Gasteiger partial charge in [0.05, 0.1) is 6.42 Å². The maximum atomic E-state index is 12.2. The Hall–Kier alpha value is -3.87. The molecule has 0 saturated heterocycles. The minimum Gasteiger partial charge on any atom is -0.481 e. The molecular weight excluding hydrogens is 497 g/mol. The van der Waals surface area contributed by atoms with E-state index in [-0.39, 0.29) is 18.7 Å². The molecule has 0 fully saturated rings. The van der Waals surface area contributed by atoms with Crippen LogP contribution in [-0.4, -0.2) is 28.5 Å². The van der Waals surface area contributed by atoms with E-state index in [1.807, 2.05) is 54.6 Å². The van der Waals surface area contributed by atoms with Crippen molar-refractivity contribution in [3.05, 3.63) is 106 Å². The monoisotopic (exact) mass is 519 g/mol. The first kappa shape index (κ1) is 25.2. The molecule has 3 aromatic carbocycles. The van der Waals surface area contributed by atoms with E-state index < -0.39 is 11.9 Å². The van der Waals surface area contributed by atoms with Crippen molar-refractivity contribution in [3.63, 3.8) is 0 Å². The van der Waals surface area contributed by atoms with Crippen molar-refractivity contribution in [2.45, 2.75) is 13.0 Å². The molecule has 3 N–H and O–H groups in total. The van der Waals surface area contributed by atoms with Crippen molar-refractivity contribution >= 4 is 40.8 Å². The van der Waals surface area contributed by atoms with Crippen molar-refractivity contribution in [2.24, 2.45) is 0 Å². The summed E-state index contributed by atoms with van der Waals surface area (Å²) in [7, 11) is 0. The van der Waals surface area contributed by atoms with E-state index in [9.17, 15) is 9.59 Å². The Kier molecular flexibility index (Phi) is 8.21. The Morgan fingerprint density at radius 2 is 1.44 bits per heavy atom. The van der Waals surface area contributed by atoms with Gasteiger partial charge in [0.2, 0.25) is 0 Å². The van der Waals surface area contributed by atoms with Gasteiger partial charge in [0.1, 0.15) is 5.69 Å². The average Bonchev–Trinajstić information content (AvgIpc) is 2.88. The van der Waals surface area contributed by atoms with Gasteiger partial charge in [-0.1, -0.05) is 59.6 Å². The van der Waals surface area contributed by atoms with Crippen molar-refractivity contribution < 1.29 is 14.7 Å². The number of hydrogen-bond acceptors (Lipinski definition) is 4. The maximum absolute atomic E-state index is 12.2. The number of nitrogens with one attached hydrogen (secondary N) is 2. The summed E-state index contributed by atoms with van der Waals surface area (Å²) in [6.07, 6.45) is 1.47. The van der Waals surface area contributed by atoms with E-state index in [4.69, 9.17) is 28.3 Å². The van der Waals surface area contributed by atoms with Gasteiger partial charge < -0.3 is 15.7 Å². The number of pyridine rings is 1. The van der Waals surface area contributed by atoms with E-state index in [2.05, 4.69) is 27.8 Å². The first-order valence-electron chi connectivity index (χ1n) is 11.2. The Bertz CT molecular complexity index is 1360. The van der Waals surface area contributed by atoms with Crippen molar-refractivity contribution in [3.8, 4) is 22.3 Å². The van der Waals surface area contributed by atoms with Gasteiger partial charge in [0.15, 0.2) is 0 Å². The molecule has 182 valence electrons. The smallest absolute Gasteiger partial charge is 0.305 e. The summed E-state index contributed by atoms with van der Waals surface area (Å²) >= 11 is 12.3. The predicted molar refractivity (Wildman–Crippen MR) is 143 cm³/mol. The first-order valence-corrected chi connectivity index (χ1v) is 12.0. The third-order valence-corrected chi connectivity index (χ3v) is 6.04. The highest BCUT2D eigenvalue weighted by atomic mass is 35.5. The second-order valence-electron chi connectivity index (χ2n) is 8.07. The van der Waals surface area contributed by atoms with Gasteiger partial charge in [-0.3, -0.25) is 14.6 Å². The normalized spacial score (nSPS) is 10.6. The molecule has 0 unspecified atom stereocenters. The molecule has 0 saturated carbocycles. The van der Waals surface area contributed by atoms with Crippen LogP contribution in [0.3, 0.4) is 0 Å². The van der Waals surface area contributed by atoms with E-state index in [1.54, 1.807) is 18.3 Å². The zero-order chi connectivity index (χ0) is 25.5. The fourth-order valence-corrected chi connectivity index (χ4v) is 3.95. The summed E-state index contributed by atoms with van der Waals surface area (Å²) in [4.78, 5) is 27.1. The number of aromatic nitrogens is 1. The van der Waals surface area contributed by atoms with E-state index in [0.29, 0.717) is 16.6 Å². The third-order valence-electron chi connectivity index (χ3n) is 5.55. The summed E-state index contributed by atoms with van der Waals surface area (Å²) < 4.78 is 0. The zero-order valence-electron chi connectivity index (χ0n) is 19.2. The number of carboxylic acids is 1. The number of aliphatic carboxylic acids is 1. The van der Waals surface area contributed by atoms with Crippen molar-refractivity contribution in [1.82, 2.24) is 10.3 Å². The second-order valence-corrected chi connectivity index (χ2v) is 8.94. The van der Waals surface area contributed by atoms with E-state index in [1.165, 1.54) is 0 Å². The van der Waals surface area contributed by atoms with Crippen molar-refractivity contribution in [1.29, 1.82) is 0 Å². The molecule has 4 aromatic rings. The molecule has 0 aliphatic carbocycles. The number of amides is 1. The molecule has 8 heteroatoms. The van der Waals surface area contributed by atoms with Gasteiger partial charge in [0, 0.05) is 40.6 Å². The van der Waals surface area contributed by atoms with Gasteiger partial charge in [-0.25, -0.2) is 0 Å². The Morgan fingerprint density at radius 1 is 0.806 bits per heavy atom. The topological polar surface area (TPSA) is 91.3 Å². The molecule has 1 amide bonds. The number of anilines is 1. The number of benzene rings is 3. The van der Waals surface area contributed by atoms with E-state index >= 15 is 0 Å². The molecule has 0 aliphatic heterocycles. The molecule has 0 atom stereocenters. The molecule has 0 spiro atoms. The minimum atomic E-state index is -0.974. The van der Waals surface area contributed by atoms with Gasteiger partial charge in [-0.05, 0) is 64.7 Å². The fraction of sp³-hybridized carbons (Fsp3) is 0.107. The molecular formula is C28H23Cl2N3O3. The maximum Gasteiger partial charge on any atom is 0.305 e. The number of halogens is 2. The molecule has 1 aromatic heterocycles. The average molecular weight is 520 g/mol. The minimum absolute atomic E-state index is 0.0440. The van der Waals surface area contributed by atoms with Crippen LogP contribution in [0.4, 0.5) is 5.69 Å². The number of carboxylic acid groups (broad SMARTS) is 1. The van der Waals surface area contributed by atoms with Crippen LogP contribution in [-0.2, 0) is 11.3 Å². The van der Waals surface area contributed by atoms with Gasteiger partial charge in [-0.2, -0.15) is 0 Å². The molecule has 0 radical (unpaired) electrons. The summed E-state index contributed by atoms with van der Waals surface area (Å²) in [6.45, 7) is 0.604. The number of nitrogens with zero attached hydrogens (tertiary/aromatic N) is 1. The highest BCUT2D eigenvalue weighted by Gasteiger charge is 2.11. The van der Waals surface area contributed by atoms with Gasteiger partial charge in [0.25, 0.3) is 5.91 Å². The second kappa shape index (κ2) is 11.7. The van der Waals surface area contributed by atoms with Crippen LogP contribution in [0, 0.1) is 0 Å². The lowest BCUT2D eigenvalue weighted by molar-refractivity contribution is -0.136. The summed E-state index contributed by atoms with van der Waals surface area (Å²) in [5, 5.41) is 16.0. The summed E-state index contributed by atoms with van der Waals surface area (Å²) in [5.41, 5.74) is 6.11. The standard InChI is InChI=1S/C28H23Cl2N3O3/c29-22-7-1-18(2-8-22)19-4-10-24(11-5-19)32-16-20-3-9-23(30)15-25(20)21-6-12-26(33-17-21)28(36)31-14-13-27(34)35/h1-12,15,17,32H,13-14,16H2,(H,31,36)(H,34,35). The highest BCUT2D eigenvalue weighted by molar-refractivity contribution is 6.31. The van der Waals surface area contributed by atoms with Crippen molar-refractivity contribution in [2.75, 3.05) is 11.9 Å². The zero-order valence-corrected chi connectivity index (χ0v) is 20.7. The lowest BCUT2D eigenvalue weighted by Crippen LogP contribution is -2.26. The molecule has 4 rings (SSSR count). The Balaban J connectivity index is 1.45. The quantitative estimate of drug-likeness (QED) is 0.233. The SMILES string of the molecule is O=C(O)CCNC(=O)c1ccc(-c2cc(Cl)ccc2CNc2ccc(-c3ccc(Cl)cc3)cc2)cn1. The predicted octanol–water partition coefficient (Wildman–Crippen LogP) is 6.54. The molecule has 36 heavy (non-hydrogen) atoms. The van der Waals surface area contributed by atoms with E-state index in [0.717, 1.165) is 33.5 Å². The van der Waals surface area contributed by atoms with Gasteiger partial charge in [-0.15, -0.1) is 0 Å². The van der Waals surface area contributed by atoms with Crippen LogP contribution in [0.25, 0.3) is 22.3 Å². The summed E-state index contributed by atoms with van der Waals surface area (Å²) in [6, 6.07) is 25.0. The van der Waals surface area contributed by atoms with Crippen LogP contribution >= 0.6 is 23.2 Å². The van der Waals surface area contributed by atoms with Crippen LogP contribution in [0.2, 0.25) is 10.0 Å². The third kappa shape index (κ3) is 6.62. The number of rotatable bonds is 9. The number of carbonyl (C=O) groups is 2. The molecule has 0 aliphatic rings. The van der Waals surface area contributed by atoms with Crippen LogP contribution in [0.1, 0.15) is 22.5 Å². The first-order chi connectivity index (χ1) is 17.4. The summed E-state index contributed by atoms with van der Waals surface area (Å²) in [5.74, 6) is -1.39. The van der Waals surface area contributed by atoms with Crippen LogP contribution in [0.5, 0.6) is 0 Å². The van der Waals surface area contributed by atoms with Gasteiger partial charge >= 0.3 is 5.97 Å². The fourth-order valence-electron chi connectivity index (χ4n) is 3.65. The van der Waals surface area contributed by atoms with Crippen LogP contribution in [0.15, 0.2) is 85.1 Å². The molecule has 6 nitrogen and oxygen atoms in total. The lowest BCUT2D eigenvalue weighted by atomic mass is 10.0. The molecule has 1 heterocycles. The highest BCUT2D eigenvalue weighted by Crippen LogP contribution is 2.28. The molecule has 0 bridgehead atoms. The largest absolute Gasteiger partial charge is 0.481 e.